The van der Waals surface area contributed by atoms with E-state index in [1.165, 1.54) is 6.07 Å². The highest BCUT2D eigenvalue weighted by Gasteiger charge is 2.30. The summed E-state index contributed by atoms with van der Waals surface area (Å²) in [6, 6.07) is 10.6. The number of Topliss-reactive ketones (excluding diaryl/α,β-unsaturated/α-hetero) is 1. The van der Waals surface area contributed by atoms with E-state index in [1.807, 2.05) is 52.0 Å². The highest BCUT2D eigenvalue weighted by Crippen LogP contribution is 2.20. The molecule has 0 heterocycles. The smallest absolute Gasteiger partial charge is 0.241 e. The number of amides is 1. The monoisotopic (exact) mass is 476 g/mol. The Morgan fingerprint density at radius 2 is 1.52 bits per heavy atom. The average Bonchev–Trinajstić information content (AvgIpc) is 2.75. The number of rotatable bonds is 13. The van der Waals surface area contributed by atoms with Gasteiger partial charge in [0.05, 0.1) is 10.9 Å². The molecule has 0 fully saturated rings. The molecule has 0 aliphatic rings. The molecule has 0 unspecified atom stereocenters. The lowest BCUT2D eigenvalue weighted by molar-refractivity contribution is -0.131. The van der Waals surface area contributed by atoms with Crippen molar-refractivity contribution in [3.05, 3.63) is 42.5 Å². The number of hydrogen-bond acceptors (Lipinski definition) is 5. The maximum Gasteiger partial charge on any atom is 0.241 e. The fourth-order valence-corrected chi connectivity index (χ4v) is 4.83. The van der Waals surface area contributed by atoms with Crippen LogP contribution in [0, 0.1) is 11.8 Å². The van der Waals surface area contributed by atoms with Gasteiger partial charge >= 0.3 is 0 Å². The molecule has 2 aromatic rings. The number of carbonyl (C=O) groups is 2. The third kappa shape index (κ3) is 8.21. The van der Waals surface area contributed by atoms with Crippen molar-refractivity contribution < 1.29 is 22.7 Å². The van der Waals surface area contributed by atoms with E-state index in [-0.39, 0.29) is 29.1 Å². The molecule has 33 heavy (non-hydrogen) atoms. The predicted octanol–water partition coefficient (Wildman–Crippen LogP) is 3.67. The SMILES string of the molecule is CCOCC(=O)[C@H](CC(C)C)NC(=O)[C@H](CC(C)C)NS(=O)(=O)c1ccc2ccccc2c1. The second-order valence-corrected chi connectivity index (χ2v) is 10.8. The van der Waals surface area contributed by atoms with Crippen molar-refractivity contribution >= 4 is 32.5 Å². The molecule has 182 valence electrons. The second kappa shape index (κ2) is 12.3. The first-order chi connectivity index (χ1) is 15.5. The van der Waals surface area contributed by atoms with Crippen molar-refractivity contribution in [3.8, 4) is 0 Å². The molecular formula is C25H36N2O5S. The van der Waals surface area contributed by atoms with Crippen LogP contribution in [0.5, 0.6) is 0 Å². The van der Waals surface area contributed by atoms with Gasteiger partial charge in [0.15, 0.2) is 5.78 Å². The standard InChI is InChI=1S/C25H36N2O5S/c1-6-32-16-24(28)22(13-17(2)3)26-25(29)23(14-18(4)5)27-33(30,31)21-12-11-19-9-7-8-10-20(19)15-21/h7-12,15,17-18,22-23,27H,6,13-14,16H2,1-5H3,(H,26,29)/t22-,23-/m0/s1. The number of ketones is 1. The Bertz CT molecular complexity index is 1050. The molecule has 0 bridgehead atoms. The fourth-order valence-electron chi connectivity index (χ4n) is 3.59. The van der Waals surface area contributed by atoms with Crippen LogP contribution in [-0.2, 0) is 24.3 Å². The molecule has 0 spiro atoms. The Hall–Kier alpha value is -2.29. The molecule has 2 aromatic carbocycles. The lowest BCUT2D eigenvalue weighted by Gasteiger charge is -2.25. The van der Waals surface area contributed by atoms with E-state index in [0.717, 1.165) is 10.8 Å². The van der Waals surface area contributed by atoms with Crippen molar-refractivity contribution in [1.82, 2.24) is 10.0 Å². The van der Waals surface area contributed by atoms with Gasteiger partial charge in [-0.3, -0.25) is 9.59 Å². The molecular weight excluding hydrogens is 440 g/mol. The number of carbonyl (C=O) groups excluding carboxylic acids is 2. The summed E-state index contributed by atoms with van der Waals surface area (Å²) >= 11 is 0. The van der Waals surface area contributed by atoms with Crippen molar-refractivity contribution in [2.24, 2.45) is 11.8 Å². The molecule has 0 saturated carbocycles. The van der Waals surface area contributed by atoms with Crippen molar-refractivity contribution in [1.29, 1.82) is 0 Å². The summed E-state index contributed by atoms with van der Waals surface area (Å²) in [6.07, 6.45) is 0.746. The van der Waals surface area contributed by atoms with E-state index in [2.05, 4.69) is 10.0 Å². The summed E-state index contributed by atoms with van der Waals surface area (Å²) in [4.78, 5) is 25.8. The van der Waals surface area contributed by atoms with E-state index < -0.39 is 28.0 Å². The Balaban J connectivity index is 2.25. The Kier molecular flexibility index (Phi) is 10.0. The van der Waals surface area contributed by atoms with E-state index in [0.29, 0.717) is 19.4 Å². The minimum atomic E-state index is -3.96. The van der Waals surface area contributed by atoms with Gasteiger partial charge in [0.1, 0.15) is 12.6 Å². The van der Waals surface area contributed by atoms with Gasteiger partial charge in [-0.25, -0.2) is 8.42 Å². The second-order valence-electron chi connectivity index (χ2n) is 9.11. The third-order valence-corrected chi connectivity index (χ3v) is 6.68. The number of sulfonamides is 1. The fraction of sp³-hybridized carbons (Fsp3) is 0.520. The summed E-state index contributed by atoms with van der Waals surface area (Å²) in [5.41, 5.74) is 0. The Morgan fingerprint density at radius 1 is 0.909 bits per heavy atom. The maximum atomic E-state index is 13.1. The van der Waals surface area contributed by atoms with Crippen LogP contribution >= 0.6 is 0 Å². The van der Waals surface area contributed by atoms with Crippen molar-refractivity contribution in [2.45, 2.75) is 64.4 Å². The van der Waals surface area contributed by atoms with Crippen LogP contribution in [0.15, 0.2) is 47.4 Å². The van der Waals surface area contributed by atoms with E-state index >= 15 is 0 Å². The van der Waals surface area contributed by atoms with Gasteiger partial charge in [0, 0.05) is 6.61 Å². The number of fused-ring (bicyclic) bond motifs is 1. The Labute approximate surface area is 197 Å². The van der Waals surface area contributed by atoms with Gasteiger partial charge in [-0.05, 0) is 54.5 Å². The van der Waals surface area contributed by atoms with Crippen LogP contribution in [-0.4, -0.2) is 45.4 Å². The summed E-state index contributed by atoms with van der Waals surface area (Å²) in [6.45, 7) is 9.85. The molecule has 0 aliphatic heterocycles. The highest BCUT2D eigenvalue weighted by molar-refractivity contribution is 7.89. The number of nitrogens with one attached hydrogen (secondary N) is 2. The first-order valence-corrected chi connectivity index (χ1v) is 12.9. The van der Waals surface area contributed by atoms with Crippen molar-refractivity contribution in [2.75, 3.05) is 13.2 Å². The zero-order chi connectivity index (χ0) is 24.6. The molecule has 0 saturated heterocycles. The zero-order valence-corrected chi connectivity index (χ0v) is 20.9. The maximum absolute atomic E-state index is 13.1. The number of ether oxygens (including phenoxy) is 1. The van der Waals surface area contributed by atoms with Gasteiger partial charge in [0.2, 0.25) is 15.9 Å². The number of hydrogen-bond donors (Lipinski definition) is 2. The highest BCUT2D eigenvalue weighted by atomic mass is 32.2. The van der Waals surface area contributed by atoms with Gasteiger partial charge < -0.3 is 10.1 Å². The summed E-state index contributed by atoms with van der Waals surface area (Å²) in [5, 5.41) is 4.49. The van der Waals surface area contributed by atoms with Gasteiger partial charge in [-0.2, -0.15) is 4.72 Å². The third-order valence-electron chi connectivity index (χ3n) is 5.21. The van der Waals surface area contributed by atoms with Gasteiger partial charge in [0.25, 0.3) is 0 Å². The van der Waals surface area contributed by atoms with Crippen LogP contribution in [0.1, 0.15) is 47.5 Å². The number of benzene rings is 2. The summed E-state index contributed by atoms with van der Waals surface area (Å²) in [7, 11) is -3.96. The largest absolute Gasteiger partial charge is 0.374 e. The first-order valence-electron chi connectivity index (χ1n) is 11.5. The topological polar surface area (TPSA) is 102 Å². The van der Waals surface area contributed by atoms with Crippen LogP contribution in [0.4, 0.5) is 0 Å². The summed E-state index contributed by atoms with van der Waals surface area (Å²) in [5.74, 6) is -0.510. The minimum absolute atomic E-state index is 0.0581. The predicted molar refractivity (Wildman–Crippen MR) is 130 cm³/mol. The molecule has 7 nitrogen and oxygen atoms in total. The molecule has 0 aromatic heterocycles. The van der Waals surface area contributed by atoms with Crippen molar-refractivity contribution in [3.63, 3.8) is 0 Å². The molecule has 0 aliphatic carbocycles. The quantitative estimate of drug-likeness (QED) is 0.459. The van der Waals surface area contributed by atoms with E-state index in [1.54, 1.807) is 19.1 Å². The molecule has 0 radical (unpaired) electrons. The van der Waals surface area contributed by atoms with E-state index in [4.69, 9.17) is 4.74 Å². The van der Waals surface area contributed by atoms with E-state index in [9.17, 15) is 18.0 Å². The Morgan fingerprint density at radius 3 is 2.12 bits per heavy atom. The van der Waals surface area contributed by atoms with Crippen LogP contribution in [0.25, 0.3) is 10.8 Å². The van der Waals surface area contributed by atoms with Gasteiger partial charge in [-0.15, -0.1) is 0 Å². The van der Waals surface area contributed by atoms with Crippen LogP contribution in [0.2, 0.25) is 0 Å². The summed E-state index contributed by atoms with van der Waals surface area (Å²) < 4.78 is 34.1. The molecule has 2 atom stereocenters. The molecule has 1 amide bonds. The van der Waals surface area contributed by atoms with Crippen LogP contribution in [0.3, 0.4) is 0 Å². The molecule has 2 N–H and O–H groups in total. The first kappa shape index (κ1) is 27.0. The lowest BCUT2D eigenvalue weighted by atomic mass is 9.99. The normalized spacial score (nSPS) is 13.9. The average molecular weight is 477 g/mol. The zero-order valence-electron chi connectivity index (χ0n) is 20.1. The molecule has 2 rings (SSSR count). The minimum Gasteiger partial charge on any atom is -0.374 e. The van der Waals surface area contributed by atoms with Crippen LogP contribution < -0.4 is 10.0 Å². The lowest BCUT2D eigenvalue weighted by Crippen LogP contribution is -2.52. The van der Waals surface area contributed by atoms with Gasteiger partial charge in [-0.1, -0.05) is 58.0 Å². The molecule has 8 heteroatoms.